The quantitative estimate of drug-likeness (QED) is 0.378. The van der Waals surface area contributed by atoms with Gasteiger partial charge in [-0.1, -0.05) is 71.1 Å². The molecule has 0 aliphatic carbocycles. The third-order valence-corrected chi connectivity index (χ3v) is 3.34. The Morgan fingerprint density at radius 1 is 0.706 bits per heavy atom. The van der Waals surface area contributed by atoms with E-state index in [1.54, 1.807) is 0 Å². The van der Waals surface area contributed by atoms with Crippen molar-refractivity contribution < 1.29 is 14.3 Å². The maximum absolute atomic E-state index is 10.1. The lowest BCUT2D eigenvalue weighted by atomic mass is 10.1. The van der Waals surface area contributed by atoms with Crippen molar-refractivity contribution in [3.63, 3.8) is 0 Å². The van der Waals surface area contributed by atoms with Gasteiger partial charge in [0.1, 0.15) is 0 Å². The minimum Gasteiger partial charge on any atom is -0.820 e. The first-order valence-electron chi connectivity index (χ1n) is 7.04. The molecule has 104 valence electrons. The van der Waals surface area contributed by atoms with E-state index in [-0.39, 0.29) is 0 Å². The summed E-state index contributed by atoms with van der Waals surface area (Å²) in [5.41, 5.74) is 0. The van der Waals surface area contributed by atoms with E-state index in [2.05, 4.69) is 11.4 Å². The van der Waals surface area contributed by atoms with Gasteiger partial charge in [0.2, 0.25) is 0 Å². The fourth-order valence-electron chi connectivity index (χ4n) is 1.91. The summed E-state index contributed by atoms with van der Waals surface area (Å²) in [6, 6.07) is 0. The van der Waals surface area contributed by atoms with Crippen LogP contribution in [-0.2, 0) is 4.52 Å². The van der Waals surface area contributed by atoms with E-state index in [0.717, 1.165) is 12.8 Å². The molecule has 17 heavy (non-hydrogen) atoms. The highest BCUT2D eigenvalue weighted by molar-refractivity contribution is 7.36. The number of hydrogen-bond donors (Lipinski definition) is 0. The molecule has 0 aliphatic heterocycles. The Labute approximate surface area is 108 Å². The summed E-state index contributed by atoms with van der Waals surface area (Å²) in [6.07, 6.45) is 13.9. The lowest BCUT2D eigenvalue weighted by Crippen LogP contribution is -2.11. The van der Waals surface area contributed by atoms with Gasteiger partial charge in [-0.25, -0.2) is 0 Å². The lowest BCUT2D eigenvalue weighted by molar-refractivity contribution is -0.318. The normalized spacial score (nSPS) is 11.3. The summed E-state index contributed by atoms with van der Waals surface area (Å²) in [4.78, 5) is 20.2. The van der Waals surface area contributed by atoms with Gasteiger partial charge < -0.3 is 14.3 Å². The van der Waals surface area contributed by atoms with E-state index in [1.165, 1.54) is 57.8 Å². The average molecular weight is 262 g/mol. The molecule has 0 amide bonds. The van der Waals surface area contributed by atoms with Crippen molar-refractivity contribution in [2.24, 2.45) is 0 Å². The van der Waals surface area contributed by atoms with Gasteiger partial charge in [0.05, 0.1) is 0 Å². The van der Waals surface area contributed by atoms with Gasteiger partial charge in [-0.3, -0.25) is 0 Å². The van der Waals surface area contributed by atoms with Gasteiger partial charge in [-0.2, -0.15) is 8.60 Å². The fourth-order valence-corrected chi connectivity index (χ4v) is 2.18. The number of unbranched alkanes of at least 4 members (excludes halogenated alkanes) is 10. The molecule has 0 aromatic carbocycles. The first-order valence-corrected chi connectivity index (χ1v) is 8.14. The van der Waals surface area contributed by atoms with Crippen molar-refractivity contribution in [2.75, 3.05) is 6.61 Å². The van der Waals surface area contributed by atoms with E-state index >= 15 is 0 Å². The molecule has 0 N–H and O–H groups in total. The first kappa shape index (κ1) is 17.3. The van der Waals surface area contributed by atoms with Crippen LogP contribution in [0.3, 0.4) is 0 Å². The molecular formula is C13H27O3P-2. The third kappa shape index (κ3) is 16.3. The Balaban J connectivity index is 2.89. The second kappa shape index (κ2) is 14.4. The molecule has 0 atom stereocenters. The molecule has 0 fully saturated rings. The summed E-state index contributed by atoms with van der Waals surface area (Å²) in [7, 11) is -2.64. The number of rotatable bonds is 13. The van der Waals surface area contributed by atoms with Crippen LogP contribution in [0.5, 0.6) is 0 Å². The van der Waals surface area contributed by atoms with E-state index in [9.17, 15) is 9.79 Å². The van der Waals surface area contributed by atoms with Crippen LogP contribution in [0.25, 0.3) is 0 Å². The minimum absolute atomic E-state index is 0.357. The van der Waals surface area contributed by atoms with Crippen LogP contribution in [0.1, 0.15) is 77.6 Å². The van der Waals surface area contributed by atoms with Gasteiger partial charge in [0.15, 0.2) is 0 Å². The minimum atomic E-state index is -2.64. The standard InChI is InChI=1S/C13H27O3P/c1-2-3-4-5-6-7-8-9-10-11-12-13-16-17(14)15/h2-13H2,1H3/q-2. The Morgan fingerprint density at radius 3 is 1.53 bits per heavy atom. The second-order valence-electron chi connectivity index (χ2n) is 4.59. The van der Waals surface area contributed by atoms with Gasteiger partial charge >= 0.3 is 0 Å². The zero-order valence-corrected chi connectivity index (χ0v) is 12.1. The van der Waals surface area contributed by atoms with Crippen LogP contribution in [0, 0.1) is 0 Å². The van der Waals surface area contributed by atoms with Crippen molar-refractivity contribution in [3.8, 4) is 0 Å². The van der Waals surface area contributed by atoms with Crippen LogP contribution >= 0.6 is 8.60 Å². The molecule has 0 radical (unpaired) electrons. The zero-order chi connectivity index (χ0) is 12.8. The average Bonchev–Trinajstić information content (AvgIpc) is 2.30. The summed E-state index contributed by atoms with van der Waals surface area (Å²) in [6.45, 7) is 2.60. The molecule has 0 spiro atoms. The number of hydrogen-bond acceptors (Lipinski definition) is 3. The molecular weight excluding hydrogens is 235 g/mol. The Morgan fingerprint density at radius 2 is 1.12 bits per heavy atom. The van der Waals surface area contributed by atoms with E-state index in [0.29, 0.717) is 6.61 Å². The predicted octanol–water partition coefficient (Wildman–Crippen LogP) is 3.26. The molecule has 0 heterocycles. The highest BCUT2D eigenvalue weighted by Crippen LogP contribution is 2.15. The molecule has 0 saturated carbocycles. The molecule has 4 heteroatoms. The second-order valence-corrected chi connectivity index (χ2v) is 5.30. The van der Waals surface area contributed by atoms with E-state index in [1.807, 2.05) is 0 Å². The summed E-state index contributed by atoms with van der Waals surface area (Å²) in [5.74, 6) is 0. The molecule has 0 rings (SSSR count). The molecule has 0 bridgehead atoms. The highest BCUT2D eigenvalue weighted by atomic mass is 31.2. The topological polar surface area (TPSA) is 55.3 Å². The largest absolute Gasteiger partial charge is 0.820 e. The van der Waals surface area contributed by atoms with Gasteiger partial charge in [-0.15, -0.1) is 0 Å². The van der Waals surface area contributed by atoms with Crippen molar-refractivity contribution >= 4 is 8.60 Å². The molecule has 3 nitrogen and oxygen atoms in total. The van der Waals surface area contributed by atoms with Crippen molar-refractivity contribution in [1.29, 1.82) is 0 Å². The Kier molecular flexibility index (Phi) is 14.6. The van der Waals surface area contributed by atoms with Gasteiger partial charge in [0.25, 0.3) is 0 Å². The van der Waals surface area contributed by atoms with Crippen LogP contribution in [0.15, 0.2) is 0 Å². The first-order chi connectivity index (χ1) is 8.27. The summed E-state index contributed by atoms with van der Waals surface area (Å²) in [5, 5.41) is 0. The van der Waals surface area contributed by atoms with Gasteiger partial charge in [-0.05, 0) is 6.42 Å². The maximum Gasteiger partial charge on any atom is 0.0476 e. The third-order valence-electron chi connectivity index (χ3n) is 2.94. The fraction of sp³-hybridized carbons (Fsp3) is 1.00. The van der Waals surface area contributed by atoms with Crippen LogP contribution in [0.2, 0.25) is 0 Å². The maximum atomic E-state index is 10.1. The predicted molar refractivity (Wildman–Crippen MR) is 69.3 cm³/mol. The molecule has 0 aromatic heterocycles. The van der Waals surface area contributed by atoms with Crippen molar-refractivity contribution in [3.05, 3.63) is 0 Å². The Bertz CT molecular complexity index is 143. The van der Waals surface area contributed by atoms with Gasteiger partial charge in [0, 0.05) is 6.61 Å². The monoisotopic (exact) mass is 262 g/mol. The van der Waals surface area contributed by atoms with Crippen LogP contribution < -0.4 is 9.79 Å². The molecule has 0 saturated heterocycles. The highest BCUT2D eigenvalue weighted by Gasteiger charge is 1.92. The van der Waals surface area contributed by atoms with Crippen LogP contribution in [0.4, 0.5) is 0 Å². The molecule has 0 unspecified atom stereocenters. The Hall–Kier alpha value is 0.310. The zero-order valence-electron chi connectivity index (χ0n) is 11.2. The smallest absolute Gasteiger partial charge is 0.0476 e. The molecule has 0 aliphatic rings. The lowest BCUT2D eigenvalue weighted by Gasteiger charge is -2.28. The molecule has 0 aromatic rings. The van der Waals surface area contributed by atoms with Crippen molar-refractivity contribution in [2.45, 2.75) is 77.6 Å². The van der Waals surface area contributed by atoms with Crippen molar-refractivity contribution in [1.82, 2.24) is 0 Å². The van der Waals surface area contributed by atoms with E-state index < -0.39 is 8.60 Å². The summed E-state index contributed by atoms with van der Waals surface area (Å²) < 4.78 is 4.48. The summed E-state index contributed by atoms with van der Waals surface area (Å²) >= 11 is 0. The SMILES string of the molecule is CCCCCCCCCCCCCOP([O-])[O-]. The van der Waals surface area contributed by atoms with Crippen LogP contribution in [-0.4, -0.2) is 6.61 Å². The van der Waals surface area contributed by atoms with E-state index in [4.69, 9.17) is 0 Å².